The second-order valence-electron chi connectivity index (χ2n) is 4.83. The minimum atomic E-state index is 1.19. The second kappa shape index (κ2) is 4.42. The van der Waals surface area contributed by atoms with Gasteiger partial charge in [-0.1, -0.05) is 18.2 Å². The summed E-state index contributed by atoms with van der Waals surface area (Å²) in [5.41, 5.74) is 4.80. The van der Waals surface area contributed by atoms with E-state index in [9.17, 15) is 0 Å². The summed E-state index contributed by atoms with van der Waals surface area (Å²) in [6, 6.07) is 23.1. The van der Waals surface area contributed by atoms with Crippen LogP contribution in [0.25, 0.3) is 22.3 Å². The van der Waals surface area contributed by atoms with Crippen molar-refractivity contribution < 1.29 is 8.80 Å². The smallest absolute Gasteiger partial charge is 0.155 e. The van der Waals surface area contributed by atoms with E-state index in [2.05, 4.69) is 88.1 Å². The van der Waals surface area contributed by atoms with Crippen LogP contribution in [0.1, 0.15) is 0 Å². The average Bonchev–Trinajstić information content (AvgIpc) is 2.55. The molecule has 2 nitrogen and oxygen atoms in total. The Kier molecular flexibility index (Phi) is 2.46. The monoisotopic (exact) mass is 258 g/mol. The Labute approximate surface area is 117 Å². The molecule has 3 heterocycles. The van der Waals surface area contributed by atoms with Crippen LogP contribution in [0.2, 0.25) is 0 Å². The molecule has 0 bridgehead atoms. The second-order valence-corrected chi connectivity index (χ2v) is 4.83. The average molecular weight is 258 g/mol. The number of benzene rings is 1. The summed E-state index contributed by atoms with van der Waals surface area (Å²) < 4.78 is 4.42. The molecule has 4 aromatic rings. The Morgan fingerprint density at radius 1 is 0.600 bits per heavy atom. The molecule has 0 aliphatic rings. The van der Waals surface area contributed by atoms with Crippen molar-refractivity contribution >= 4 is 11.0 Å². The number of fused-ring (bicyclic) bond motifs is 3. The van der Waals surface area contributed by atoms with E-state index in [-0.39, 0.29) is 0 Å². The van der Waals surface area contributed by atoms with Crippen LogP contribution in [0.3, 0.4) is 0 Å². The summed E-state index contributed by atoms with van der Waals surface area (Å²) >= 11 is 0. The van der Waals surface area contributed by atoms with Crippen LogP contribution in [0.5, 0.6) is 0 Å². The number of rotatable bonds is 1. The maximum Gasteiger partial charge on any atom is 0.283 e. The molecule has 0 aliphatic heterocycles. The SMILES string of the molecule is c1ccc(-c2c[n+]3ccccc3c3cccc[n+]23)cc1. The van der Waals surface area contributed by atoms with Gasteiger partial charge < -0.3 is 0 Å². The van der Waals surface area contributed by atoms with Gasteiger partial charge in [0.05, 0.1) is 5.56 Å². The third kappa shape index (κ3) is 1.66. The topological polar surface area (TPSA) is 8.20 Å². The molecular weight excluding hydrogens is 244 g/mol. The van der Waals surface area contributed by atoms with Crippen LogP contribution in [0.15, 0.2) is 85.3 Å². The van der Waals surface area contributed by atoms with Gasteiger partial charge in [-0.3, -0.25) is 0 Å². The minimum Gasteiger partial charge on any atom is -0.155 e. The molecule has 0 saturated carbocycles. The molecular formula is C18H14N2+2. The molecule has 4 rings (SSSR count). The van der Waals surface area contributed by atoms with E-state index >= 15 is 0 Å². The van der Waals surface area contributed by atoms with Crippen LogP contribution >= 0.6 is 0 Å². The molecule has 0 atom stereocenters. The Hall–Kier alpha value is -2.74. The van der Waals surface area contributed by atoms with Crippen molar-refractivity contribution in [2.24, 2.45) is 0 Å². The minimum absolute atomic E-state index is 1.19. The number of hydrogen-bond acceptors (Lipinski definition) is 0. The predicted octanol–water partition coefficient (Wildman–Crippen LogP) is 2.83. The van der Waals surface area contributed by atoms with Crippen LogP contribution < -0.4 is 8.80 Å². The molecule has 94 valence electrons. The van der Waals surface area contributed by atoms with Crippen LogP contribution in [0, 0.1) is 0 Å². The molecule has 0 radical (unpaired) electrons. The molecule has 0 N–H and O–H groups in total. The highest BCUT2D eigenvalue weighted by Crippen LogP contribution is 2.15. The molecule has 0 unspecified atom stereocenters. The number of aromatic nitrogens is 2. The first kappa shape index (κ1) is 11.1. The number of nitrogens with zero attached hydrogens (tertiary/aromatic N) is 2. The van der Waals surface area contributed by atoms with Crippen molar-refractivity contribution in [3.63, 3.8) is 0 Å². The Balaban J connectivity index is 2.19. The zero-order valence-electron chi connectivity index (χ0n) is 11.0. The summed E-state index contributed by atoms with van der Waals surface area (Å²) in [6.07, 6.45) is 6.39. The summed E-state index contributed by atoms with van der Waals surface area (Å²) in [4.78, 5) is 0. The van der Waals surface area contributed by atoms with E-state index < -0.39 is 0 Å². The van der Waals surface area contributed by atoms with Gasteiger partial charge in [-0.2, -0.15) is 4.40 Å². The fourth-order valence-electron chi connectivity index (χ4n) is 2.66. The summed E-state index contributed by atoms with van der Waals surface area (Å²) in [5.74, 6) is 0. The Bertz CT molecular complexity index is 899. The van der Waals surface area contributed by atoms with Crippen molar-refractivity contribution in [2.75, 3.05) is 0 Å². The largest absolute Gasteiger partial charge is 0.283 e. The highest BCUT2D eigenvalue weighted by atomic mass is 15.0. The number of hydrogen-bond donors (Lipinski definition) is 0. The van der Waals surface area contributed by atoms with Crippen molar-refractivity contribution in [3.05, 3.63) is 85.3 Å². The fourth-order valence-corrected chi connectivity index (χ4v) is 2.66. The summed E-state index contributed by atoms with van der Waals surface area (Å²) in [5, 5.41) is 0. The lowest BCUT2D eigenvalue weighted by Gasteiger charge is -1.99. The van der Waals surface area contributed by atoms with Gasteiger partial charge >= 0.3 is 0 Å². The van der Waals surface area contributed by atoms with E-state index in [1.54, 1.807) is 0 Å². The molecule has 0 amide bonds. The van der Waals surface area contributed by atoms with Gasteiger partial charge in [-0.15, -0.1) is 4.40 Å². The van der Waals surface area contributed by atoms with Crippen LogP contribution in [0.4, 0.5) is 0 Å². The molecule has 1 aromatic carbocycles. The summed E-state index contributed by atoms with van der Waals surface area (Å²) in [7, 11) is 0. The van der Waals surface area contributed by atoms with Gasteiger partial charge in [-0.25, -0.2) is 0 Å². The lowest BCUT2D eigenvalue weighted by molar-refractivity contribution is -0.556. The van der Waals surface area contributed by atoms with Gasteiger partial charge in [0.25, 0.3) is 16.7 Å². The van der Waals surface area contributed by atoms with E-state index in [1.165, 1.54) is 22.3 Å². The van der Waals surface area contributed by atoms with Crippen molar-refractivity contribution in [3.8, 4) is 11.3 Å². The van der Waals surface area contributed by atoms with Gasteiger partial charge in [0.2, 0.25) is 6.20 Å². The first-order valence-electron chi connectivity index (χ1n) is 6.72. The zero-order chi connectivity index (χ0) is 13.4. The third-order valence-electron chi connectivity index (χ3n) is 3.60. The van der Waals surface area contributed by atoms with E-state index in [0.717, 1.165) is 0 Å². The maximum atomic E-state index is 2.24. The fraction of sp³-hybridized carbons (Fsp3) is 0. The molecule has 0 saturated heterocycles. The Morgan fingerprint density at radius 2 is 1.30 bits per heavy atom. The highest BCUT2D eigenvalue weighted by molar-refractivity contribution is 5.68. The molecule has 20 heavy (non-hydrogen) atoms. The first-order valence-corrected chi connectivity index (χ1v) is 6.72. The molecule has 2 heteroatoms. The molecule has 0 aliphatic carbocycles. The summed E-state index contributed by atoms with van der Waals surface area (Å²) in [6.45, 7) is 0. The highest BCUT2D eigenvalue weighted by Gasteiger charge is 2.21. The van der Waals surface area contributed by atoms with Gasteiger partial charge in [0.15, 0.2) is 12.4 Å². The molecule has 0 spiro atoms. The third-order valence-corrected chi connectivity index (χ3v) is 3.60. The van der Waals surface area contributed by atoms with E-state index in [0.29, 0.717) is 0 Å². The van der Waals surface area contributed by atoms with Crippen LogP contribution in [-0.4, -0.2) is 0 Å². The van der Waals surface area contributed by atoms with Crippen molar-refractivity contribution in [2.45, 2.75) is 0 Å². The lowest BCUT2D eigenvalue weighted by Crippen LogP contribution is -2.33. The number of pyridine rings is 2. The van der Waals surface area contributed by atoms with Gasteiger partial charge in [0.1, 0.15) is 0 Å². The standard InChI is InChI=1S/C18H14N2/c1-2-8-15(9-3-1)18-14-19-12-6-4-10-16(19)17-11-5-7-13-20(17)18/h1-14H/q+2. The molecule has 0 fully saturated rings. The Morgan fingerprint density at radius 3 is 2.15 bits per heavy atom. The van der Waals surface area contributed by atoms with Crippen LogP contribution in [-0.2, 0) is 0 Å². The van der Waals surface area contributed by atoms with Crippen molar-refractivity contribution in [1.29, 1.82) is 0 Å². The predicted molar refractivity (Wildman–Crippen MR) is 78.2 cm³/mol. The van der Waals surface area contributed by atoms with Gasteiger partial charge in [0, 0.05) is 24.3 Å². The lowest BCUT2D eigenvalue weighted by atomic mass is 10.1. The quantitative estimate of drug-likeness (QED) is 0.366. The van der Waals surface area contributed by atoms with E-state index in [4.69, 9.17) is 0 Å². The van der Waals surface area contributed by atoms with Crippen molar-refractivity contribution in [1.82, 2.24) is 0 Å². The first-order chi connectivity index (χ1) is 9.93. The molecule has 3 aromatic heterocycles. The maximum absolute atomic E-state index is 2.24. The van der Waals surface area contributed by atoms with E-state index in [1.807, 2.05) is 6.07 Å². The van der Waals surface area contributed by atoms with Gasteiger partial charge in [-0.05, 0) is 24.3 Å². The normalized spacial score (nSPS) is 11.0. The zero-order valence-corrected chi connectivity index (χ0v) is 11.0.